The summed E-state index contributed by atoms with van der Waals surface area (Å²) in [6.07, 6.45) is 2.80. The summed E-state index contributed by atoms with van der Waals surface area (Å²) < 4.78 is 0. The number of aromatic nitrogens is 1. The van der Waals surface area contributed by atoms with Crippen LogP contribution in [0.1, 0.15) is 18.2 Å². The number of hydrogen-bond acceptors (Lipinski definition) is 2. The van der Waals surface area contributed by atoms with Gasteiger partial charge >= 0.3 is 0 Å². The monoisotopic (exact) mass is 137 g/mol. The Hall–Kier alpha value is -0.890. The molecule has 0 aliphatic heterocycles. The molecule has 0 radical (unpaired) electrons. The summed E-state index contributed by atoms with van der Waals surface area (Å²) >= 11 is 0. The highest BCUT2D eigenvalue weighted by Crippen LogP contribution is 1.99. The molecule has 54 valence electrons. The van der Waals surface area contributed by atoms with E-state index in [2.05, 4.69) is 11.9 Å². The van der Waals surface area contributed by atoms with E-state index < -0.39 is 0 Å². The fourth-order valence-electron chi connectivity index (χ4n) is 0.758. The molecule has 0 spiro atoms. The van der Waals surface area contributed by atoms with Crippen LogP contribution in [0.15, 0.2) is 18.3 Å². The van der Waals surface area contributed by atoms with Gasteiger partial charge in [-0.25, -0.2) is 0 Å². The lowest BCUT2D eigenvalue weighted by molar-refractivity contribution is 0.277. The first kappa shape index (κ1) is 7.22. The van der Waals surface area contributed by atoms with Gasteiger partial charge in [0.1, 0.15) is 0 Å². The first-order valence-corrected chi connectivity index (χ1v) is 3.41. The lowest BCUT2D eigenvalue weighted by Crippen LogP contribution is -1.89. The number of rotatable bonds is 2. The largest absolute Gasteiger partial charge is 0.390 e. The van der Waals surface area contributed by atoms with E-state index in [4.69, 9.17) is 5.11 Å². The predicted molar refractivity (Wildman–Crippen MR) is 39.5 cm³/mol. The van der Waals surface area contributed by atoms with E-state index in [1.807, 2.05) is 12.1 Å². The molecule has 1 rings (SSSR count). The highest BCUT2D eigenvalue weighted by molar-refractivity contribution is 5.13. The number of nitrogens with zero attached hydrogens (tertiary/aromatic N) is 1. The summed E-state index contributed by atoms with van der Waals surface area (Å²) in [6.45, 7) is 2.11. The summed E-state index contributed by atoms with van der Waals surface area (Å²) in [5.74, 6) is 0. The quantitative estimate of drug-likeness (QED) is 0.663. The predicted octanol–water partition coefficient (Wildman–Crippen LogP) is 1.14. The molecule has 0 saturated heterocycles. The van der Waals surface area contributed by atoms with E-state index in [0.717, 1.165) is 12.1 Å². The van der Waals surface area contributed by atoms with E-state index in [1.54, 1.807) is 6.20 Å². The van der Waals surface area contributed by atoms with Crippen LogP contribution in [0.25, 0.3) is 0 Å². The van der Waals surface area contributed by atoms with Gasteiger partial charge in [0.25, 0.3) is 0 Å². The fraction of sp³-hybridized carbons (Fsp3) is 0.375. The van der Waals surface area contributed by atoms with Gasteiger partial charge in [-0.1, -0.05) is 13.0 Å². The number of aliphatic hydroxyl groups excluding tert-OH is 1. The zero-order valence-corrected chi connectivity index (χ0v) is 6.04. The minimum atomic E-state index is 0.0317. The second-order valence-corrected chi connectivity index (χ2v) is 2.17. The number of aryl methyl sites for hydroxylation is 1. The van der Waals surface area contributed by atoms with E-state index >= 15 is 0 Å². The third kappa shape index (κ3) is 1.54. The number of hydrogen-bond donors (Lipinski definition) is 1. The van der Waals surface area contributed by atoms with E-state index in [1.165, 1.54) is 5.56 Å². The van der Waals surface area contributed by atoms with Crippen molar-refractivity contribution < 1.29 is 5.11 Å². The van der Waals surface area contributed by atoms with Crippen LogP contribution < -0.4 is 0 Å². The topological polar surface area (TPSA) is 33.1 Å². The van der Waals surface area contributed by atoms with Gasteiger partial charge in [0.2, 0.25) is 0 Å². The summed E-state index contributed by atoms with van der Waals surface area (Å²) in [7, 11) is 0. The Balaban J connectivity index is 2.80. The first-order valence-electron chi connectivity index (χ1n) is 3.41. The average molecular weight is 137 g/mol. The van der Waals surface area contributed by atoms with Crippen LogP contribution in [0, 0.1) is 0 Å². The van der Waals surface area contributed by atoms with Crippen molar-refractivity contribution in [2.75, 3.05) is 0 Å². The highest BCUT2D eigenvalue weighted by atomic mass is 16.3. The molecule has 0 unspecified atom stereocenters. The Bertz CT molecular complexity index is 170. The molecular weight excluding hydrogens is 126 g/mol. The second kappa shape index (κ2) is 3.32. The van der Waals surface area contributed by atoms with Gasteiger partial charge < -0.3 is 5.11 Å². The fourth-order valence-corrected chi connectivity index (χ4v) is 0.758. The van der Waals surface area contributed by atoms with E-state index in [-0.39, 0.29) is 6.61 Å². The Labute approximate surface area is 60.5 Å². The van der Waals surface area contributed by atoms with Crippen molar-refractivity contribution >= 4 is 0 Å². The molecule has 0 bridgehead atoms. The Kier molecular flexibility index (Phi) is 2.40. The van der Waals surface area contributed by atoms with E-state index in [9.17, 15) is 0 Å². The van der Waals surface area contributed by atoms with Crippen LogP contribution in [0.4, 0.5) is 0 Å². The third-order valence-electron chi connectivity index (χ3n) is 1.46. The summed E-state index contributed by atoms with van der Waals surface area (Å²) in [5.41, 5.74) is 1.94. The van der Waals surface area contributed by atoms with Gasteiger partial charge in [-0.05, 0) is 18.1 Å². The van der Waals surface area contributed by atoms with Crippen LogP contribution in [-0.2, 0) is 13.0 Å². The highest BCUT2D eigenvalue weighted by Gasteiger charge is 1.90. The summed E-state index contributed by atoms with van der Waals surface area (Å²) in [6, 6.07) is 3.83. The molecule has 1 aromatic rings. The first-order chi connectivity index (χ1) is 4.86. The molecule has 0 fully saturated rings. The summed E-state index contributed by atoms with van der Waals surface area (Å²) in [5, 5.41) is 8.64. The van der Waals surface area contributed by atoms with Crippen LogP contribution in [0.3, 0.4) is 0 Å². The van der Waals surface area contributed by atoms with Crippen molar-refractivity contribution in [3.8, 4) is 0 Å². The van der Waals surface area contributed by atoms with Crippen molar-refractivity contribution in [1.82, 2.24) is 4.98 Å². The summed E-state index contributed by atoms with van der Waals surface area (Å²) in [4.78, 5) is 4.02. The van der Waals surface area contributed by atoms with Gasteiger partial charge in [-0.2, -0.15) is 0 Å². The van der Waals surface area contributed by atoms with Crippen LogP contribution in [0.5, 0.6) is 0 Å². The molecule has 2 nitrogen and oxygen atoms in total. The third-order valence-corrected chi connectivity index (χ3v) is 1.46. The normalized spacial score (nSPS) is 9.80. The van der Waals surface area contributed by atoms with Gasteiger partial charge in [0.05, 0.1) is 12.3 Å². The van der Waals surface area contributed by atoms with Crippen LogP contribution >= 0.6 is 0 Å². The van der Waals surface area contributed by atoms with Crippen molar-refractivity contribution in [2.45, 2.75) is 20.0 Å². The Morgan fingerprint density at radius 1 is 1.50 bits per heavy atom. The van der Waals surface area contributed by atoms with Crippen LogP contribution in [0.2, 0.25) is 0 Å². The smallest absolute Gasteiger partial charge is 0.0852 e. The maximum atomic E-state index is 8.64. The van der Waals surface area contributed by atoms with E-state index in [0.29, 0.717) is 0 Å². The molecule has 0 aliphatic carbocycles. The molecule has 0 saturated carbocycles. The lowest BCUT2D eigenvalue weighted by atomic mass is 10.2. The lowest BCUT2D eigenvalue weighted by Gasteiger charge is -1.96. The molecule has 1 aromatic heterocycles. The molecule has 0 aliphatic rings. The molecule has 0 amide bonds. The molecular formula is C8H11NO. The number of pyridine rings is 1. The average Bonchev–Trinajstić information content (AvgIpc) is 2.05. The molecule has 10 heavy (non-hydrogen) atoms. The minimum absolute atomic E-state index is 0.0317. The molecule has 1 N–H and O–H groups in total. The maximum absolute atomic E-state index is 8.64. The number of aliphatic hydroxyl groups is 1. The van der Waals surface area contributed by atoms with Gasteiger partial charge in [0, 0.05) is 6.20 Å². The SMILES string of the molecule is CCc1ccc(CO)nc1. The van der Waals surface area contributed by atoms with Gasteiger partial charge in [0.15, 0.2) is 0 Å². The second-order valence-electron chi connectivity index (χ2n) is 2.17. The zero-order valence-electron chi connectivity index (χ0n) is 6.04. The molecule has 2 heteroatoms. The standard InChI is InChI=1S/C8H11NO/c1-2-7-3-4-8(6-10)9-5-7/h3-5,10H,2,6H2,1H3. The Morgan fingerprint density at radius 3 is 2.70 bits per heavy atom. The van der Waals surface area contributed by atoms with Crippen molar-refractivity contribution in [3.63, 3.8) is 0 Å². The zero-order chi connectivity index (χ0) is 7.40. The molecule has 0 aromatic carbocycles. The van der Waals surface area contributed by atoms with Crippen molar-refractivity contribution in [2.24, 2.45) is 0 Å². The van der Waals surface area contributed by atoms with Crippen molar-refractivity contribution in [1.29, 1.82) is 0 Å². The van der Waals surface area contributed by atoms with Gasteiger partial charge in [-0.15, -0.1) is 0 Å². The van der Waals surface area contributed by atoms with Gasteiger partial charge in [-0.3, -0.25) is 4.98 Å². The molecule has 1 heterocycles. The maximum Gasteiger partial charge on any atom is 0.0852 e. The minimum Gasteiger partial charge on any atom is -0.390 e. The van der Waals surface area contributed by atoms with Crippen LogP contribution in [-0.4, -0.2) is 10.1 Å². The van der Waals surface area contributed by atoms with Crippen molar-refractivity contribution in [3.05, 3.63) is 29.6 Å². The molecule has 0 atom stereocenters. The Morgan fingerprint density at radius 2 is 2.30 bits per heavy atom.